The van der Waals surface area contributed by atoms with Crippen LogP contribution in [0.4, 0.5) is 0 Å². The van der Waals surface area contributed by atoms with E-state index in [-0.39, 0.29) is 0 Å². The van der Waals surface area contributed by atoms with Crippen LogP contribution < -0.4 is 0 Å². The molecule has 3 nitrogen and oxygen atoms in total. The number of rotatable bonds is 7. The molecule has 2 heterocycles. The second-order valence-corrected chi connectivity index (χ2v) is 17.3. The zero-order valence-corrected chi connectivity index (χ0v) is 36.5. The molecule has 0 saturated carbocycles. The van der Waals surface area contributed by atoms with Crippen molar-refractivity contribution in [1.29, 1.82) is 0 Å². The van der Waals surface area contributed by atoms with Gasteiger partial charge in [-0.15, -0.1) is 0 Å². The van der Waals surface area contributed by atoms with Gasteiger partial charge in [-0.25, -0.2) is 9.97 Å². The van der Waals surface area contributed by atoms with Crippen LogP contribution in [0.15, 0.2) is 249 Å². The summed E-state index contributed by atoms with van der Waals surface area (Å²) < 4.78 is 2.36. The van der Waals surface area contributed by atoms with Gasteiger partial charge < -0.3 is 4.57 Å². The summed E-state index contributed by atoms with van der Waals surface area (Å²) in [6, 6.07) is 89.4. The van der Waals surface area contributed by atoms with E-state index in [1.165, 1.54) is 70.8 Å². The van der Waals surface area contributed by atoms with E-state index in [1.807, 2.05) is 0 Å². The maximum atomic E-state index is 5.31. The predicted octanol–water partition coefficient (Wildman–Crippen LogP) is 17.0. The number of fused-ring (bicyclic) bond motifs is 7. The van der Waals surface area contributed by atoms with E-state index in [9.17, 15) is 0 Å². The lowest BCUT2D eigenvalue weighted by Gasteiger charge is -2.15. The molecule has 2 aromatic heterocycles. The molecule has 0 spiro atoms. The van der Waals surface area contributed by atoms with Crippen LogP contribution in [0.1, 0.15) is 0 Å². The van der Waals surface area contributed by atoms with Crippen LogP contribution in [0.5, 0.6) is 0 Å². The lowest BCUT2D eigenvalue weighted by Crippen LogP contribution is -1.96. The highest BCUT2D eigenvalue weighted by Crippen LogP contribution is 2.41. The first-order valence-electron chi connectivity index (χ1n) is 22.9. The summed E-state index contributed by atoms with van der Waals surface area (Å²) in [4.78, 5) is 10.6. The Bertz CT molecular complexity index is 4000. The first-order valence-corrected chi connectivity index (χ1v) is 22.9. The standard InChI is InChI=1S/C64H41N3/c1-3-14-42(15-4-1)43-26-32-47(33-27-43)64-65-59(45-28-30-46(31-29-45)63-54-23-10-8-17-50(54)40-57-53-22-9-7-16-44(53)34-36-56(57)63)41-60(66-64)51-19-13-18-48(38-51)49-35-37-62-58(39-49)55-24-11-12-25-61(55)67(62)52-20-5-2-6-21-52/h1-41H. The fourth-order valence-corrected chi connectivity index (χ4v) is 10.1. The fraction of sp³-hybridized carbons (Fsp3) is 0. The third kappa shape index (κ3) is 6.76. The first-order chi connectivity index (χ1) is 33.2. The van der Waals surface area contributed by atoms with Crippen molar-refractivity contribution in [3.63, 3.8) is 0 Å². The molecule has 0 saturated heterocycles. The average Bonchev–Trinajstić information content (AvgIpc) is 3.74. The van der Waals surface area contributed by atoms with Gasteiger partial charge in [-0.2, -0.15) is 0 Å². The van der Waals surface area contributed by atoms with Gasteiger partial charge in [0.1, 0.15) is 0 Å². The minimum Gasteiger partial charge on any atom is -0.309 e. The first kappa shape index (κ1) is 38.5. The molecule has 67 heavy (non-hydrogen) atoms. The van der Waals surface area contributed by atoms with Crippen LogP contribution in [-0.2, 0) is 0 Å². The number of benzene rings is 11. The van der Waals surface area contributed by atoms with Crippen molar-refractivity contribution in [2.24, 2.45) is 0 Å². The van der Waals surface area contributed by atoms with Gasteiger partial charge in [-0.1, -0.05) is 200 Å². The molecule has 0 aliphatic carbocycles. The smallest absolute Gasteiger partial charge is 0.160 e. The summed E-state index contributed by atoms with van der Waals surface area (Å²) in [6.45, 7) is 0. The minimum absolute atomic E-state index is 0.684. The van der Waals surface area contributed by atoms with E-state index in [0.717, 1.165) is 50.5 Å². The van der Waals surface area contributed by atoms with Crippen LogP contribution in [-0.4, -0.2) is 14.5 Å². The lowest BCUT2D eigenvalue weighted by atomic mass is 9.89. The molecular weight excluding hydrogens is 811 g/mol. The molecule has 0 aliphatic heterocycles. The van der Waals surface area contributed by atoms with Crippen molar-refractivity contribution in [3.8, 4) is 73.0 Å². The van der Waals surface area contributed by atoms with Crippen molar-refractivity contribution in [1.82, 2.24) is 14.5 Å². The van der Waals surface area contributed by atoms with Crippen molar-refractivity contribution in [2.75, 3.05) is 0 Å². The normalized spacial score (nSPS) is 11.6. The van der Waals surface area contributed by atoms with Gasteiger partial charge in [-0.3, -0.25) is 0 Å². The lowest BCUT2D eigenvalue weighted by molar-refractivity contribution is 1.18. The van der Waals surface area contributed by atoms with Gasteiger partial charge in [0.05, 0.1) is 22.4 Å². The monoisotopic (exact) mass is 851 g/mol. The maximum absolute atomic E-state index is 5.31. The molecule has 312 valence electrons. The molecule has 0 unspecified atom stereocenters. The minimum atomic E-state index is 0.684. The Labute approximate surface area is 388 Å². The molecular formula is C64H41N3. The Morgan fingerprint density at radius 1 is 0.254 bits per heavy atom. The Hall–Kier alpha value is -8.92. The third-order valence-corrected chi connectivity index (χ3v) is 13.4. The Morgan fingerprint density at radius 3 is 1.61 bits per heavy atom. The molecule has 11 aromatic carbocycles. The van der Waals surface area contributed by atoms with Crippen LogP contribution in [0.3, 0.4) is 0 Å². The van der Waals surface area contributed by atoms with Gasteiger partial charge in [0.15, 0.2) is 5.82 Å². The Kier molecular flexibility index (Phi) is 9.17. The highest BCUT2D eigenvalue weighted by Gasteiger charge is 2.17. The van der Waals surface area contributed by atoms with E-state index in [2.05, 4.69) is 253 Å². The quantitative estimate of drug-likeness (QED) is 0.118. The molecule has 0 N–H and O–H groups in total. The molecule has 0 fully saturated rings. The van der Waals surface area contributed by atoms with E-state index < -0.39 is 0 Å². The van der Waals surface area contributed by atoms with E-state index in [1.54, 1.807) is 0 Å². The van der Waals surface area contributed by atoms with Crippen molar-refractivity contribution >= 4 is 54.1 Å². The highest BCUT2D eigenvalue weighted by atomic mass is 15.0. The molecule has 3 heteroatoms. The van der Waals surface area contributed by atoms with Gasteiger partial charge in [0, 0.05) is 33.2 Å². The average molecular weight is 852 g/mol. The van der Waals surface area contributed by atoms with Crippen LogP contribution in [0.25, 0.3) is 127 Å². The Morgan fingerprint density at radius 2 is 0.806 bits per heavy atom. The number of hydrogen-bond donors (Lipinski definition) is 0. The summed E-state index contributed by atoms with van der Waals surface area (Å²) in [6.07, 6.45) is 0. The van der Waals surface area contributed by atoms with Crippen molar-refractivity contribution < 1.29 is 0 Å². The topological polar surface area (TPSA) is 30.7 Å². The summed E-state index contributed by atoms with van der Waals surface area (Å²) >= 11 is 0. The van der Waals surface area contributed by atoms with Gasteiger partial charge in [0.2, 0.25) is 0 Å². The molecule has 13 aromatic rings. The SMILES string of the molecule is c1ccc(-c2ccc(-c3nc(-c4ccc(-c5c6ccccc6cc6c5ccc5ccccc56)cc4)cc(-c4cccc(-c5ccc6c(c5)c5ccccc5n6-c5ccccc5)c4)n3)cc2)cc1. The van der Waals surface area contributed by atoms with Crippen molar-refractivity contribution in [3.05, 3.63) is 249 Å². The van der Waals surface area contributed by atoms with E-state index >= 15 is 0 Å². The van der Waals surface area contributed by atoms with Gasteiger partial charge in [0.25, 0.3) is 0 Å². The van der Waals surface area contributed by atoms with E-state index in [0.29, 0.717) is 5.82 Å². The summed E-state index contributed by atoms with van der Waals surface area (Å²) in [5, 5.41) is 9.95. The summed E-state index contributed by atoms with van der Waals surface area (Å²) in [5.41, 5.74) is 15.3. The zero-order chi connectivity index (χ0) is 44.3. The summed E-state index contributed by atoms with van der Waals surface area (Å²) in [5.74, 6) is 0.684. The molecule has 0 atom stereocenters. The second-order valence-electron chi connectivity index (χ2n) is 17.3. The van der Waals surface area contributed by atoms with Gasteiger partial charge >= 0.3 is 0 Å². The number of aromatic nitrogens is 3. The maximum Gasteiger partial charge on any atom is 0.160 e. The molecule has 0 aliphatic rings. The van der Waals surface area contributed by atoms with Crippen LogP contribution >= 0.6 is 0 Å². The second kappa shape index (κ2) is 16.0. The molecule has 0 amide bonds. The summed E-state index contributed by atoms with van der Waals surface area (Å²) in [7, 11) is 0. The third-order valence-electron chi connectivity index (χ3n) is 13.4. The predicted molar refractivity (Wildman–Crippen MR) is 282 cm³/mol. The zero-order valence-electron chi connectivity index (χ0n) is 36.5. The fourth-order valence-electron chi connectivity index (χ4n) is 10.1. The number of para-hydroxylation sites is 2. The number of nitrogens with zero attached hydrogens (tertiary/aromatic N) is 3. The van der Waals surface area contributed by atoms with Crippen LogP contribution in [0.2, 0.25) is 0 Å². The van der Waals surface area contributed by atoms with E-state index in [4.69, 9.17) is 9.97 Å². The molecule has 0 bridgehead atoms. The number of hydrogen-bond acceptors (Lipinski definition) is 2. The largest absolute Gasteiger partial charge is 0.309 e. The highest BCUT2D eigenvalue weighted by molar-refractivity contribution is 6.20. The van der Waals surface area contributed by atoms with Crippen LogP contribution in [0, 0.1) is 0 Å². The van der Waals surface area contributed by atoms with Crippen molar-refractivity contribution in [2.45, 2.75) is 0 Å². The van der Waals surface area contributed by atoms with Gasteiger partial charge in [-0.05, 0) is 114 Å². The Balaban J connectivity index is 0.931. The molecule has 13 rings (SSSR count). The molecule has 0 radical (unpaired) electrons.